The second kappa shape index (κ2) is 14.2. The van der Waals surface area contributed by atoms with Crippen molar-refractivity contribution in [2.24, 2.45) is 0 Å². The van der Waals surface area contributed by atoms with Crippen molar-refractivity contribution in [1.82, 2.24) is 24.9 Å². The molecule has 3 aromatic heterocycles. The number of rotatable bonds is 6. The van der Waals surface area contributed by atoms with Crippen molar-refractivity contribution < 1.29 is 0 Å². The maximum Gasteiger partial charge on any atom is 0.164 e. The Hall–Kier alpha value is -5.81. The predicted octanol–water partition coefficient (Wildman–Crippen LogP) is 12.5. The van der Waals surface area contributed by atoms with Crippen LogP contribution in [0.1, 0.15) is 75.4 Å². The molecular weight excluding hydrogens is 659 g/mol. The standard InChI is InChI=1S/C49H49N5/c1-30-16-22-43(32(3)50-30)38-24-39(44-23-17-31(2)51-33(44)4)26-40(25-38)47-53-45(35-14-12-11-13-15-35)52-46(54-47)36-20-18-34(19-21-36)37-27-41(48(5,6)7)29-42(28-37)49(8,9)10/h11-29H,1-10H3. The van der Waals surface area contributed by atoms with Crippen molar-refractivity contribution in [3.8, 4) is 67.5 Å². The summed E-state index contributed by atoms with van der Waals surface area (Å²) in [6.07, 6.45) is 0. The maximum absolute atomic E-state index is 5.18. The summed E-state index contributed by atoms with van der Waals surface area (Å²) >= 11 is 0. The summed E-state index contributed by atoms with van der Waals surface area (Å²) in [5, 5.41) is 0. The van der Waals surface area contributed by atoms with Gasteiger partial charge >= 0.3 is 0 Å². The summed E-state index contributed by atoms with van der Waals surface area (Å²) in [7, 11) is 0. The van der Waals surface area contributed by atoms with Gasteiger partial charge in [0, 0.05) is 50.6 Å². The SMILES string of the molecule is Cc1ccc(-c2cc(-c3nc(-c4ccccc4)nc(-c4ccc(-c5cc(C(C)(C)C)cc(C(C)(C)C)c5)cc4)n3)cc(-c3ccc(C)nc3C)c2)c(C)n1. The van der Waals surface area contributed by atoms with Crippen LogP contribution >= 0.6 is 0 Å². The topological polar surface area (TPSA) is 64.5 Å². The molecule has 0 radical (unpaired) electrons. The summed E-state index contributed by atoms with van der Waals surface area (Å²) in [5.74, 6) is 1.85. The van der Waals surface area contributed by atoms with Gasteiger partial charge in [-0.15, -0.1) is 0 Å². The Morgan fingerprint density at radius 1 is 0.333 bits per heavy atom. The summed E-state index contributed by atoms with van der Waals surface area (Å²) in [5.41, 5.74) is 16.0. The van der Waals surface area contributed by atoms with Crippen molar-refractivity contribution in [2.45, 2.75) is 80.1 Å². The first kappa shape index (κ1) is 36.5. The quantitative estimate of drug-likeness (QED) is 0.172. The van der Waals surface area contributed by atoms with Crippen LogP contribution in [0.25, 0.3) is 67.5 Å². The van der Waals surface area contributed by atoms with E-state index in [-0.39, 0.29) is 10.8 Å². The zero-order chi connectivity index (χ0) is 38.4. The van der Waals surface area contributed by atoms with E-state index in [1.807, 2.05) is 44.2 Å². The van der Waals surface area contributed by atoms with E-state index in [9.17, 15) is 0 Å². The Morgan fingerprint density at radius 3 is 1.19 bits per heavy atom. The van der Waals surface area contributed by atoms with Gasteiger partial charge in [0.25, 0.3) is 0 Å². The number of hydrogen-bond donors (Lipinski definition) is 0. The lowest BCUT2D eigenvalue weighted by atomic mass is 9.79. The molecule has 0 fully saturated rings. The van der Waals surface area contributed by atoms with E-state index in [4.69, 9.17) is 24.9 Å². The molecule has 0 spiro atoms. The minimum Gasteiger partial charge on any atom is -0.258 e. The van der Waals surface area contributed by atoms with E-state index >= 15 is 0 Å². The fraction of sp³-hybridized carbons (Fsp3) is 0.245. The van der Waals surface area contributed by atoms with Crippen LogP contribution in [0.2, 0.25) is 0 Å². The van der Waals surface area contributed by atoms with Gasteiger partial charge in [-0.1, -0.05) is 126 Å². The third-order valence-corrected chi connectivity index (χ3v) is 10.1. The van der Waals surface area contributed by atoms with Crippen molar-refractivity contribution in [2.75, 3.05) is 0 Å². The van der Waals surface area contributed by atoms with Crippen LogP contribution in [0.5, 0.6) is 0 Å². The highest BCUT2D eigenvalue weighted by atomic mass is 15.0. The molecule has 54 heavy (non-hydrogen) atoms. The summed E-state index contributed by atoms with van der Waals surface area (Å²) in [6.45, 7) is 21.8. The summed E-state index contributed by atoms with van der Waals surface area (Å²) < 4.78 is 0. The average Bonchev–Trinajstić information content (AvgIpc) is 3.14. The lowest BCUT2D eigenvalue weighted by molar-refractivity contribution is 0.569. The zero-order valence-corrected chi connectivity index (χ0v) is 33.2. The Balaban J connectivity index is 1.39. The summed E-state index contributed by atoms with van der Waals surface area (Å²) in [4.78, 5) is 25.0. The second-order valence-electron chi connectivity index (χ2n) is 16.5. The highest BCUT2D eigenvalue weighted by Crippen LogP contribution is 2.37. The van der Waals surface area contributed by atoms with Gasteiger partial charge in [-0.25, -0.2) is 15.0 Å². The Labute approximate surface area is 320 Å². The number of nitrogens with zero attached hydrogens (tertiary/aromatic N) is 5. The van der Waals surface area contributed by atoms with Gasteiger partial charge in [-0.05, 0) is 102 Å². The number of aryl methyl sites for hydroxylation is 4. The van der Waals surface area contributed by atoms with Gasteiger partial charge in [0.15, 0.2) is 17.5 Å². The van der Waals surface area contributed by atoms with E-state index in [2.05, 4.69) is 140 Å². The molecule has 0 unspecified atom stereocenters. The highest BCUT2D eigenvalue weighted by Gasteiger charge is 2.22. The Bertz CT molecular complexity index is 2380. The number of pyridine rings is 2. The normalized spacial score (nSPS) is 11.9. The van der Waals surface area contributed by atoms with E-state index in [0.29, 0.717) is 17.5 Å². The van der Waals surface area contributed by atoms with Crippen LogP contribution in [0.3, 0.4) is 0 Å². The van der Waals surface area contributed by atoms with Crippen molar-refractivity contribution in [1.29, 1.82) is 0 Å². The minimum atomic E-state index is 0.0333. The molecule has 7 aromatic rings. The molecule has 3 heterocycles. The monoisotopic (exact) mass is 707 g/mol. The van der Waals surface area contributed by atoms with E-state index in [1.54, 1.807) is 0 Å². The van der Waals surface area contributed by atoms with E-state index in [0.717, 1.165) is 67.3 Å². The Kier molecular flexibility index (Phi) is 9.61. The van der Waals surface area contributed by atoms with Gasteiger partial charge < -0.3 is 0 Å². The van der Waals surface area contributed by atoms with Crippen LogP contribution in [0.15, 0.2) is 115 Å². The second-order valence-corrected chi connectivity index (χ2v) is 16.5. The largest absolute Gasteiger partial charge is 0.258 e. The van der Waals surface area contributed by atoms with Crippen LogP contribution in [-0.2, 0) is 10.8 Å². The fourth-order valence-electron chi connectivity index (χ4n) is 6.87. The molecule has 0 atom stereocenters. The van der Waals surface area contributed by atoms with Crippen LogP contribution in [-0.4, -0.2) is 24.9 Å². The van der Waals surface area contributed by atoms with Crippen molar-refractivity contribution >= 4 is 0 Å². The van der Waals surface area contributed by atoms with Crippen molar-refractivity contribution in [3.63, 3.8) is 0 Å². The smallest absolute Gasteiger partial charge is 0.164 e. The van der Waals surface area contributed by atoms with E-state index in [1.165, 1.54) is 16.7 Å². The van der Waals surface area contributed by atoms with Gasteiger partial charge in [0.05, 0.1) is 0 Å². The molecular formula is C49H49N5. The van der Waals surface area contributed by atoms with Crippen LogP contribution in [0, 0.1) is 27.7 Å². The number of benzene rings is 4. The number of hydrogen-bond acceptors (Lipinski definition) is 5. The highest BCUT2D eigenvalue weighted by molar-refractivity contribution is 5.82. The predicted molar refractivity (Wildman–Crippen MR) is 224 cm³/mol. The molecule has 7 rings (SSSR count). The fourth-order valence-corrected chi connectivity index (χ4v) is 6.87. The summed E-state index contributed by atoms with van der Waals surface area (Å²) in [6, 6.07) is 40.8. The Morgan fingerprint density at radius 2 is 0.741 bits per heavy atom. The molecule has 4 aromatic carbocycles. The molecule has 0 aliphatic heterocycles. The van der Waals surface area contributed by atoms with Crippen LogP contribution in [0.4, 0.5) is 0 Å². The van der Waals surface area contributed by atoms with Gasteiger partial charge in [-0.2, -0.15) is 0 Å². The molecule has 0 amide bonds. The molecule has 0 saturated heterocycles. The molecule has 0 aliphatic carbocycles. The van der Waals surface area contributed by atoms with Gasteiger partial charge in [-0.3, -0.25) is 9.97 Å². The molecule has 270 valence electrons. The van der Waals surface area contributed by atoms with Crippen molar-refractivity contribution in [3.05, 3.63) is 149 Å². The lowest BCUT2D eigenvalue weighted by Gasteiger charge is -2.26. The minimum absolute atomic E-state index is 0.0333. The van der Waals surface area contributed by atoms with Gasteiger partial charge in [0.2, 0.25) is 0 Å². The lowest BCUT2D eigenvalue weighted by Crippen LogP contribution is -2.16. The maximum atomic E-state index is 5.18. The third kappa shape index (κ3) is 7.77. The molecule has 5 nitrogen and oxygen atoms in total. The molecule has 5 heteroatoms. The average molecular weight is 708 g/mol. The molecule has 0 N–H and O–H groups in total. The first-order chi connectivity index (χ1) is 25.6. The molecule has 0 bridgehead atoms. The first-order valence-corrected chi connectivity index (χ1v) is 18.8. The first-order valence-electron chi connectivity index (χ1n) is 18.8. The zero-order valence-electron chi connectivity index (χ0n) is 33.2. The third-order valence-electron chi connectivity index (χ3n) is 10.1. The van der Waals surface area contributed by atoms with E-state index < -0.39 is 0 Å². The number of aromatic nitrogens is 5. The van der Waals surface area contributed by atoms with Gasteiger partial charge in [0.1, 0.15) is 0 Å². The van der Waals surface area contributed by atoms with Crippen LogP contribution < -0.4 is 0 Å². The molecule has 0 aliphatic rings. The molecule has 0 saturated carbocycles.